The Morgan fingerprint density at radius 3 is 2.45 bits per heavy atom. The highest BCUT2D eigenvalue weighted by Gasteiger charge is 2.26. The summed E-state index contributed by atoms with van der Waals surface area (Å²) in [5.74, 6) is 0.0859. The summed E-state index contributed by atoms with van der Waals surface area (Å²) in [7, 11) is 0. The van der Waals surface area contributed by atoms with Gasteiger partial charge in [-0.15, -0.1) is 0 Å². The Kier molecular flexibility index (Phi) is 3.63. The van der Waals surface area contributed by atoms with Gasteiger partial charge in [-0.2, -0.15) is 0 Å². The van der Waals surface area contributed by atoms with Crippen LogP contribution >= 0.6 is 0 Å². The van der Waals surface area contributed by atoms with Crippen LogP contribution in [0.1, 0.15) is 40.2 Å². The first-order valence-electron chi connectivity index (χ1n) is 7.21. The van der Waals surface area contributed by atoms with Crippen molar-refractivity contribution in [1.82, 2.24) is 0 Å². The second kappa shape index (κ2) is 5.60. The molecule has 5 heteroatoms. The average Bonchev–Trinajstić information content (AvgIpc) is 3.32. The monoisotopic (exact) mass is 296 g/mol. The molecule has 2 aromatic rings. The van der Waals surface area contributed by atoms with E-state index >= 15 is 0 Å². The molecule has 0 spiro atoms. The predicted octanol–water partition coefficient (Wildman–Crippen LogP) is 4.03. The van der Waals surface area contributed by atoms with Gasteiger partial charge in [0.1, 0.15) is 5.69 Å². The number of nitro groups is 1. The molecular formula is C17H16N2O3. The Bertz CT molecular complexity index is 734. The van der Waals surface area contributed by atoms with Gasteiger partial charge in [0.15, 0.2) is 0 Å². The number of anilines is 1. The topological polar surface area (TPSA) is 72.2 Å². The Hall–Kier alpha value is -2.69. The number of amides is 1. The van der Waals surface area contributed by atoms with Crippen LogP contribution in [-0.4, -0.2) is 10.8 Å². The maximum absolute atomic E-state index is 12.2. The lowest BCUT2D eigenvalue weighted by Crippen LogP contribution is -2.13. The van der Waals surface area contributed by atoms with Gasteiger partial charge in [0.2, 0.25) is 0 Å². The summed E-state index contributed by atoms with van der Waals surface area (Å²) in [6.45, 7) is 1.93. The second-order valence-corrected chi connectivity index (χ2v) is 5.63. The molecule has 0 atom stereocenters. The molecule has 1 amide bonds. The van der Waals surface area contributed by atoms with Crippen LogP contribution in [0.4, 0.5) is 11.4 Å². The summed E-state index contributed by atoms with van der Waals surface area (Å²) in [5, 5.41) is 13.9. The second-order valence-electron chi connectivity index (χ2n) is 5.63. The molecule has 0 saturated heterocycles. The van der Waals surface area contributed by atoms with E-state index in [1.807, 2.05) is 25.1 Å². The summed E-state index contributed by atoms with van der Waals surface area (Å²) in [4.78, 5) is 23.0. The highest BCUT2D eigenvalue weighted by Crippen LogP contribution is 2.42. The van der Waals surface area contributed by atoms with Gasteiger partial charge in [0, 0.05) is 11.6 Å². The van der Waals surface area contributed by atoms with Crippen molar-refractivity contribution < 1.29 is 9.72 Å². The van der Waals surface area contributed by atoms with Crippen molar-refractivity contribution in [3.63, 3.8) is 0 Å². The molecule has 0 aliphatic heterocycles. The van der Waals surface area contributed by atoms with E-state index in [2.05, 4.69) is 5.32 Å². The third kappa shape index (κ3) is 2.98. The number of carbonyl (C=O) groups is 1. The molecule has 1 N–H and O–H groups in total. The van der Waals surface area contributed by atoms with Crippen LogP contribution in [0.2, 0.25) is 0 Å². The van der Waals surface area contributed by atoms with Gasteiger partial charge in [-0.3, -0.25) is 14.9 Å². The van der Waals surface area contributed by atoms with Crippen molar-refractivity contribution in [3.8, 4) is 0 Å². The molecule has 112 valence electrons. The quantitative estimate of drug-likeness (QED) is 0.683. The largest absolute Gasteiger partial charge is 0.316 e. The van der Waals surface area contributed by atoms with Crippen molar-refractivity contribution in [2.45, 2.75) is 25.7 Å². The molecule has 1 aliphatic carbocycles. The minimum atomic E-state index is -0.448. The van der Waals surface area contributed by atoms with Gasteiger partial charge in [0.25, 0.3) is 11.6 Å². The third-order valence-electron chi connectivity index (χ3n) is 3.83. The van der Waals surface area contributed by atoms with Gasteiger partial charge in [-0.1, -0.05) is 23.8 Å². The van der Waals surface area contributed by atoms with Crippen LogP contribution in [0, 0.1) is 17.0 Å². The van der Waals surface area contributed by atoms with Gasteiger partial charge in [0.05, 0.1) is 4.92 Å². The Labute approximate surface area is 128 Å². The fourth-order valence-electron chi connectivity index (χ4n) is 2.38. The number of hydrogen-bond acceptors (Lipinski definition) is 3. The van der Waals surface area contributed by atoms with Crippen LogP contribution in [0.3, 0.4) is 0 Å². The molecule has 5 nitrogen and oxygen atoms in total. The van der Waals surface area contributed by atoms with Crippen LogP contribution in [0.5, 0.6) is 0 Å². The fourth-order valence-corrected chi connectivity index (χ4v) is 2.38. The molecule has 0 aromatic heterocycles. The third-order valence-corrected chi connectivity index (χ3v) is 3.83. The minimum absolute atomic E-state index is 0.0511. The van der Waals surface area contributed by atoms with Gasteiger partial charge < -0.3 is 5.32 Å². The predicted molar refractivity (Wildman–Crippen MR) is 84.2 cm³/mol. The first-order chi connectivity index (χ1) is 10.5. The van der Waals surface area contributed by atoms with E-state index in [4.69, 9.17) is 0 Å². The highest BCUT2D eigenvalue weighted by atomic mass is 16.6. The van der Waals surface area contributed by atoms with E-state index in [-0.39, 0.29) is 17.3 Å². The van der Waals surface area contributed by atoms with E-state index in [0.717, 1.165) is 24.0 Å². The SMILES string of the molecule is Cc1ccc(C(=O)Nc2ccc(C3CC3)cc2[N+](=O)[O-])cc1. The summed E-state index contributed by atoms with van der Waals surface area (Å²) < 4.78 is 0. The number of nitrogens with zero attached hydrogens (tertiary/aromatic N) is 1. The van der Waals surface area contributed by atoms with E-state index in [1.165, 1.54) is 0 Å². The lowest BCUT2D eigenvalue weighted by Gasteiger charge is -2.08. The normalized spacial score (nSPS) is 13.7. The van der Waals surface area contributed by atoms with Crippen LogP contribution < -0.4 is 5.32 Å². The molecule has 1 saturated carbocycles. The first kappa shape index (κ1) is 14.3. The molecular weight excluding hydrogens is 280 g/mol. The van der Waals surface area contributed by atoms with E-state index in [0.29, 0.717) is 11.5 Å². The number of carbonyl (C=O) groups excluding carboxylic acids is 1. The molecule has 0 unspecified atom stereocenters. The molecule has 22 heavy (non-hydrogen) atoms. The zero-order chi connectivity index (χ0) is 15.7. The summed E-state index contributed by atoms with van der Waals surface area (Å²) in [6, 6.07) is 12.1. The molecule has 1 fully saturated rings. The molecule has 0 radical (unpaired) electrons. The van der Waals surface area contributed by atoms with E-state index in [1.54, 1.807) is 24.3 Å². The highest BCUT2D eigenvalue weighted by molar-refractivity contribution is 6.05. The molecule has 0 bridgehead atoms. The van der Waals surface area contributed by atoms with Crippen molar-refractivity contribution in [2.75, 3.05) is 5.32 Å². The maximum atomic E-state index is 12.2. The summed E-state index contributed by atoms with van der Waals surface area (Å²) >= 11 is 0. The number of nitro benzene ring substituents is 1. The standard InChI is InChI=1S/C17H16N2O3/c1-11-2-4-13(5-3-11)17(20)18-15-9-8-14(12-6-7-12)10-16(15)19(21)22/h2-5,8-10,12H,6-7H2,1H3,(H,18,20). The maximum Gasteiger partial charge on any atom is 0.293 e. The Morgan fingerprint density at radius 2 is 1.86 bits per heavy atom. The fraction of sp³-hybridized carbons (Fsp3) is 0.235. The Morgan fingerprint density at radius 1 is 1.18 bits per heavy atom. The number of aryl methyl sites for hydroxylation is 1. The first-order valence-corrected chi connectivity index (χ1v) is 7.21. The molecule has 1 aliphatic rings. The number of nitrogens with one attached hydrogen (secondary N) is 1. The van der Waals surface area contributed by atoms with Crippen LogP contribution in [0.25, 0.3) is 0 Å². The zero-order valence-electron chi connectivity index (χ0n) is 12.2. The number of rotatable bonds is 4. The van der Waals surface area contributed by atoms with E-state index in [9.17, 15) is 14.9 Å². The van der Waals surface area contributed by atoms with Crippen LogP contribution in [-0.2, 0) is 0 Å². The van der Waals surface area contributed by atoms with Crippen molar-refractivity contribution in [1.29, 1.82) is 0 Å². The van der Waals surface area contributed by atoms with Gasteiger partial charge in [-0.05, 0) is 49.4 Å². The van der Waals surface area contributed by atoms with Gasteiger partial charge in [-0.25, -0.2) is 0 Å². The van der Waals surface area contributed by atoms with Crippen molar-refractivity contribution in [2.24, 2.45) is 0 Å². The number of hydrogen-bond donors (Lipinski definition) is 1. The van der Waals surface area contributed by atoms with Gasteiger partial charge >= 0.3 is 0 Å². The average molecular weight is 296 g/mol. The molecule has 3 rings (SSSR count). The molecule has 2 aromatic carbocycles. The minimum Gasteiger partial charge on any atom is -0.316 e. The van der Waals surface area contributed by atoms with Crippen LogP contribution in [0.15, 0.2) is 42.5 Å². The van der Waals surface area contributed by atoms with Crippen molar-refractivity contribution >= 4 is 17.3 Å². The Balaban J connectivity index is 1.86. The van der Waals surface area contributed by atoms with E-state index < -0.39 is 4.92 Å². The number of benzene rings is 2. The molecule has 0 heterocycles. The lowest BCUT2D eigenvalue weighted by atomic mass is 10.1. The summed E-state index contributed by atoms with van der Waals surface area (Å²) in [5.41, 5.74) is 2.69. The smallest absolute Gasteiger partial charge is 0.293 e. The lowest BCUT2D eigenvalue weighted by molar-refractivity contribution is -0.384. The zero-order valence-corrected chi connectivity index (χ0v) is 12.2. The van der Waals surface area contributed by atoms with Crippen molar-refractivity contribution in [3.05, 3.63) is 69.3 Å². The summed E-state index contributed by atoms with van der Waals surface area (Å²) in [6.07, 6.45) is 2.15.